The van der Waals surface area contributed by atoms with Gasteiger partial charge in [0.15, 0.2) is 0 Å². The van der Waals surface area contributed by atoms with Gasteiger partial charge in [-0.2, -0.15) is 0 Å². The minimum absolute atomic E-state index is 0.907. The molecule has 2 N–H and O–H groups in total. The molecule has 1 fully saturated rings. The zero-order valence-corrected chi connectivity index (χ0v) is 4.70. The van der Waals surface area contributed by atoms with Gasteiger partial charge in [-0.25, -0.2) is 0 Å². The molecule has 1 aliphatic rings. The molecule has 42 valence electrons. The maximum absolute atomic E-state index is 3.21. The molecule has 1 heterocycles. The van der Waals surface area contributed by atoms with E-state index >= 15 is 0 Å². The first-order chi connectivity index (χ1) is 3.43. The average molecular weight is 100 g/mol. The van der Waals surface area contributed by atoms with E-state index in [4.69, 9.17) is 0 Å². The van der Waals surface area contributed by atoms with E-state index in [0.717, 1.165) is 5.92 Å². The zero-order valence-electron chi connectivity index (χ0n) is 4.70. The molecule has 0 atom stereocenters. The predicted octanol–water partition coefficient (Wildman–Crippen LogP) is -0.575. The lowest BCUT2D eigenvalue weighted by atomic mass is 10.0. The molecular weight excluding hydrogens is 88.1 g/mol. The van der Waals surface area contributed by atoms with Crippen LogP contribution in [-0.2, 0) is 0 Å². The predicted molar refractivity (Wildman–Crippen MR) is 30.3 cm³/mol. The van der Waals surface area contributed by atoms with E-state index in [9.17, 15) is 0 Å². The first kappa shape index (κ1) is 5.06. The van der Waals surface area contributed by atoms with E-state index in [0.29, 0.717) is 0 Å². The molecule has 2 heteroatoms. The fourth-order valence-electron chi connectivity index (χ4n) is 0.781. The van der Waals surface area contributed by atoms with Crippen molar-refractivity contribution in [2.24, 2.45) is 5.92 Å². The molecule has 0 radical (unpaired) electrons. The van der Waals surface area contributed by atoms with E-state index in [1.54, 1.807) is 0 Å². The zero-order chi connectivity index (χ0) is 5.11. The van der Waals surface area contributed by atoms with Crippen LogP contribution in [0.2, 0.25) is 0 Å². The highest BCUT2D eigenvalue weighted by Gasteiger charge is 2.13. The first-order valence-corrected chi connectivity index (χ1v) is 2.79. The lowest BCUT2D eigenvalue weighted by Gasteiger charge is -2.26. The van der Waals surface area contributed by atoms with Crippen LogP contribution in [0, 0.1) is 5.92 Å². The van der Waals surface area contributed by atoms with E-state index in [-0.39, 0.29) is 0 Å². The van der Waals surface area contributed by atoms with Crippen molar-refractivity contribution in [1.82, 2.24) is 10.6 Å². The Kier molecular flexibility index (Phi) is 1.65. The lowest BCUT2D eigenvalue weighted by molar-refractivity contribution is 0.340. The number of hydrogen-bond acceptors (Lipinski definition) is 2. The topological polar surface area (TPSA) is 24.1 Å². The molecule has 0 amide bonds. The second-order valence-electron chi connectivity index (χ2n) is 2.08. The Labute approximate surface area is 44.3 Å². The Morgan fingerprint density at radius 1 is 1.71 bits per heavy atom. The summed E-state index contributed by atoms with van der Waals surface area (Å²) >= 11 is 0. The van der Waals surface area contributed by atoms with Crippen molar-refractivity contribution in [2.45, 2.75) is 0 Å². The molecule has 0 aromatic rings. The molecule has 1 rings (SSSR count). The van der Waals surface area contributed by atoms with E-state index < -0.39 is 0 Å². The number of rotatable bonds is 2. The summed E-state index contributed by atoms with van der Waals surface area (Å²) in [7, 11) is 2.00. The SMILES string of the molecule is CNCC1CNC1. The van der Waals surface area contributed by atoms with Crippen LogP contribution in [0.25, 0.3) is 0 Å². The molecule has 1 saturated heterocycles. The molecule has 0 aliphatic carbocycles. The number of nitrogens with one attached hydrogen (secondary N) is 2. The molecule has 0 spiro atoms. The summed E-state index contributed by atoms with van der Waals surface area (Å²) in [6.45, 7) is 3.59. The highest BCUT2D eigenvalue weighted by molar-refractivity contribution is 4.75. The normalized spacial score (nSPS) is 21.9. The number of hydrogen-bond donors (Lipinski definition) is 2. The second kappa shape index (κ2) is 2.28. The molecule has 0 aromatic carbocycles. The molecule has 0 aromatic heterocycles. The van der Waals surface area contributed by atoms with E-state index in [1.165, 1.54) is 19.6 Å². The highest BCUT2D eigenvalue weighted by Crippen LogP contribution is 1.98. The summed E-state index contributed by atoms with van der Waals surface area (Å²) in [5.41, 5.74) is 0. The van der Waals surface area contributed by atoms with Gasteiger partial charge in [0.05, 0.1) is 0 Å². The van der Waals surface area contributed by atoms with Gasteiger partial charge in [-0.15, -0.1) is 0 Å². The smallest absolute Gasteiger partial charge is 0.000394 e. The third-order valence-electron chi connectivity index (χ3n) is 1.36. The van der Waals surface area contributed by atoms with Crippen LogP contribution in [0.5, 0.6) is 0 Å². The summed E-state index contributed by atoms with van der Waals surface area (Å²) in [4.78, 5) is 0. The van der Waals surface area contributed by atoms with Crippen molar-refractivity contribution < 1.29 is 0 Å². The van der Waals surface area contributed by atoms with Crippen molar-refractivity contribution in [3.05, 3.63) is 0 Å². The van der Waals surface area contributed by atoms with Gasteiger partial charge in [0.2, 0.25) is 0 Å². The summed E-state index contributed by atoms with van der Waals surface area (Å²) in [5, 5.41) is 6.34. The Morgan fingerprint density at radius 2 is 2.43 bits per heavy atom. The van der Waals surface area contributed by atoms with E-state index in [2.05, 4.69) is 10.6 Å². The maximum Gasteiger partial charge on any atom is 0.000394 e. The molecular formula is C5H12N2. The average Bonchev–Trinajstić information content (AvgIpc) is 1.55. The fourth-order valence-corrected chi connectivity index (χ4v) is 0.781. The lowest BCUT2D eigenvalue weighted by Crippen LogP contribution is -2.46. The molecule has 1 aliphatic heterocycles. The van der Waals surface area contributed by atoms with Gasteiger partial charge in [-0.3, -0.25) is 0 Å². The Hall–Kier alpha value is -0.0800. The van der Waals surface area contributed by atoms with Crippen LogP contribution in [0.1, 0.15) is 0 Å². The Morgan fingerprint density at radius 3 is 2.57 bits per heavy atom. The largest absolute Gasteiger partial charge is 0.319 e. The van der Waals surface area contributed by atoms with Gasteiger partial charge in [0, 0.05) is 19.6 Å². The van der Waals surface area contributed by atoms with Crippen LogP contribution in [0.3, 0.4) is 0 Å². The summed E-state index contributed by atoms with van der Waals surface area (Å²) in [6, 6.07) is 0. The van der Waals surface area contributed by atoms with Crippen molar-refractivity contribution in [2.75, 3.05) is 26.7 Å². The van der Waals surface area contributed by atoms with Crippen LogP contribution >= 0.6 is 0 Å². The molecule has 0 saturated carbocycles. The van der Waals surface area contributed by atoms with Crippen LogP contribution in [-0.4, -0.2) is 26.7 Å². The molecule has 7 heavy (non-hydrogen) atoms. The van der Waals surface area contributed by atoms with Crippen molar-refractivity contribution in [3.63, 3.8) is 0 Å². The summed E-state index contributed by atoms with van der Waals surface area (Å²) < 4.78 is 0. The van der Waals surface area contributed by atoms with Crippen LogP contribution in [0.15, 0.2) is 0 Å². The van der Waals surface area contributed by atoms with Crippen molar-refractivity contribution in [1.29, 1.82) is 0 Å². The van der Waals surface area contributed by atoms with Crippen LogP contribution in [0.4, 0.5) is 0 Å². The first-order valence-electron chi connectivity index (χ1n) is 2.79. The molecule has 2 nitrogen and oxygen atoms in total. The second-order valence-corrected chi connectivity index (χ2v) is 2.08. The van der Waals surface area contributed by atoms with Gasteiger partial charge < -0.3 is 10.6 Å². The van der Waals surface area contributed by atoms with Gasteiger partial charge in [0.1, 0.15) is 0 Å². The molecule has 0 unspecified atom stereocenters. The minimum atomic E-state index is 0.907. The highest BCUT2D eigenvalue weighted by atomic mass is 15.0. The third-order valence-corrected chi connectivity index (χ3v) is 1.36. The van der Waals surface area contributed by atoms with Crippen molar-refractivity contribution >= 4 is 0 Å². The van der Waals surface area contributed by atoms with Crippen LogP contribution < -0.4 is 10.6 Å². The van der Waals surface area contributed by atoms with Gasteiger partial charge in [-0.1, -0.05) is 0 Å². The third kappa shape index (κ3) is 1.14. The summed E-state index contributed by atoms with van der Waals surface area (Å²) in [6.07, 6.45) is 0. The summed E-state index contributed by atoms with van der Waals surface area (Å²) in [5.74, 6) is 0.907. The van der Waals surface area contributed by atoms with E-state index in [1.807, 2.05) is 7.05 Å². The maximum atomic E-state index is 3.21. The minimum Gasteiger partial charge on any atom is -0.319 e. The van der Waals surface area contributed by atoms with Gasteiger partial charge >= 0.3 is 0 Å². The molecule has 0 bridgehead atoms. The standard InChI is InChI=1S/C5H12N2/c1-6-2-5-3-7-4-5/h5-7H,2-4H2,1H3. The van der Waals surface area contributed by atoms with Crippen molar-refractivity contribution in [3.8, 4) is 0 Å². The Bertz CT molecular complexity index is 50.0. The Balaban J connectivity index is 1.93. The quantitative estimate of drug-likeness (QED) is 0.485. The monoisotopic (exact) mass is 100 g/mol. The van der Waals surface area contributed by atoms with Gasteiger partial charge in [0.25, 0.3) is 0 Å². The fraction of sp³-hybridized carbons (Fsp3) is 1.00. The van der Waals surface area contributed by atoms with Gasteiger partial charge in [-0.05, 0) is 13.0 Å².